The lowest BCUT2D eigenvalue weighted by molar-refractivity contribution is 0.219. The number of aliphatic hydroxyl groups excluding tert-OH is 1. The maximum absolute atomic E-state index is 12.3. The van der Waals surface area contributed by atoms with Crippen molar-refractivity contribution in [2.45, 2.75) is 19.6 Å². The van der Waals surface area contributed by atoms with E-state index in [0.29, 0.717) is 28.8 Å². The van der Waals surface area contributed by atoms with E-state index < -0.39 is 6.10 Å². The molecule has 1 unspecified atom stereocenters. The fraction of sp³-hybridized carbons (Fsp3) is 0.130. The van der Waals surface area contributed by atoms with Crippen molar-refractivity contribution in [2.75, 3.05) is 0 Å². The predicted octanol–water partition coefficient (Wildman–Crippen LogP) is 3.89. The molecule has 0 saturated heterocycles. The molecule has 1 atom stereocenters. The van der Waals surface area contributed by atoms with Gasteiger partial charge in [-0.3, -0.25) is 4.79 Å². The van der Waals surface area contributed by atoms with Gasteiger partial charge < -0.3 is 14.8 Å². The molecule has 0 saturated carbocycles. The zero-order valence-corrected chi connectivity index (χ0v) is 15.4. The second-order valence-electron chi connectivity index (χ2n) is 6.73. The molecule has 1 aromatic heterocycles. The molecule has 0 bridgehead atoms. The maximum atomic E-state index is 12.3. The predicted molar refractivity (Wildman–Crippen MR) is 108 cm³/mol. The van der Waals surface area contributed by atoms with Gasteiger partial charge in [-0.25, -0.2) is 4.98 Å². The highest BCUT2D eigenvalue weighted by atomic mass is 16.5. The lowest BCUT2D eigenvalue weighted by atomic mass is 9.99. The Hall–Kier alpha value is -3.44. The smallest absolute Gasteiger partial charge is 0.258 e. The molecule has 5 heteroatoms. The highest BCUT2D eigenvalue weighted by Gasteiger charge is 2.16. The molecule has 0 aliphatic rings. The Morgan fingerprint density at radius 3 is 2.54 bits per heavy atom. The molecule has 2 N–H and O–H groups in total. The van der Waals surface area contributed by atoms with Gasteiger partial charge in [-0.2, -0.15) is 0 Å². The number of aromatic nitrogens is 2. The number of aromatic amines is 1. The van der Waals surface area contributed by atoms with Crippen LogP contribution in [0.5, 0.6) is 5.75 Å². The van der Waals surface area contributed by atoms with Crippen molar-refractivity contribution < 1.29 is 9.84 Å². The monoisotopic (exact) mass is 372 g/mol. The van der Waals surface area contributed by atoms with Gasteiger partial charge in [0.25, 0.3) is 5.56 Å². The normalized spacial score (nSPS) is 12.1. The van der Waals surface area contributed by atoms with Crippen LogP contribution in [0.1, 0.15) is 28.4 Å². The van der Waals surface area contributed by atoms with E-state index in [1.807, 2.05) is 61.5 Å². The number of H-pyrrole nitrogens is 1. The summed E-state index contributed by atoms with van der Waals surface area (Å²) in [5, 5.41) is 11.2. The molecule has 0 aliphatic heterocycles. The summed E-state index contributed by atoms with van der Waals surface area (Å²) < 4.78 is 5.98. The van der Waals surface area contributed by atoms with Crippen molar-refractivity contribution in [3.63, 3.8) is 0 Å². The first-order chi connectivity index (χ1) is 13.6. The zero-order valence-electron chi connectivity index (χ0n) is 15.4. The maximum Gasteiger partial charge on any atom is 0.258 e. The summed E-state index contributed by atoms with van der Waals surface area (Å²) in [7, 11) is 0. The summed E-state index contributed by atoms with van der Waals surface area (Å²) in [5.41, 5.74) is 3.65. The van der Waals surface area contributed by atoms with Crippen LogP contribution in [0, 0.1) is 6.92 Å². The second kappa shape index (κ2) is 7.66. The fourth-order valence-corrected chi connectivity index (χ4v) is 3.11. The van der Waals surface area contributed by atoms with Gasteiger partial charge in [0.15, 0.2) is 0 Å². The second-order valence-corrected chi connectivity index (χ2v) is 6.73. The van der Waals surface area contributed by atoms with Crippen LogP contribution in [0.4, 0.5) is 0 Å². The Morgan fingerprint density at radius 1 is 1.04 bits per heavy atom. The lowest BCUT2D eigenvalue weighted by Crippen LogP contribution is -2.10. The largest absolute Gasteiger partial charge is 0.487 e. The van der Waals surface area contributed by atoms with E-state index in [1.165, 1.54) is 6.33 Å². The average Bonchev–Trinajstić information content (AvgIpc) is 2.73. The van der Waals surface area contributed by atoms with Crippen LogP contribution in [0.25, 0.3) is 10.9 Å². The Kier molecular flexibility index (Phi) is 4.91. The van der Waals surface area contributed by atoms with Crippen LogP contribution in [0.2, 0.25) is 0 Å². The third kappa shape index (κ3) is 3.66. The van der Waals surface area contributed by atoms with Crippen molar-refractivity contribution in [3.05, 3.63) is 106 Å². The molecular weight excluding hydrogens is 352 g/mol. The van der Waals surface area contributed by atoms with Gasteiger partial charge >= 0.3 is 0 Å². The number of hydrogen-bond donors (Lipinski definition) is 2. The minimum atomic E-state index is -0.872. The molecule has 3 aromatic carbocycles. The highest BCUT2D eigenvalue weighted by Crippen LogP contribution is 2.30. The summed E-state index contributed by atoms with van der Waals surface area (Å²) in [6, 6.07) is 20.8. The number of aliphatic hydroxyl groups is 1. The Morgan fingerprint density at radius 2 is 1.79 bits per heavy atom. The minimum absolute atomic E-state index is 0.271. The van der Waals surface area contributed by atoms with Gasteiger partial charge in [0.2, 0.25) is 0 Å². The van der Waals surface area contributed by atoms with Gasteiger partial charge in [-0.1, -0.05) is 60.2 Å². The summed E-state index contributed by atoms with van der Waals surface area (Å²) in [4.78, 5) is 19.2. The van der Waals surface area contributed by atoms with Gasteiger partial charge in [0.05, 0.1) is 11.7 Å². The number of fused-ring (bicyclic) bond motifs is 1. The van der Waals surface area contributed by atoms with Crippen LogP contribution in [-0.2, 0) is 6.61 Å². The molecule has 1 heterocycles. The molecule has 4 aromatic rings. The van der Waals surface area contributed by atoms with E-state index in [2.05, 4.69) is 9.97 Å². The van der Waals surface area contributed by atoms with E-state index in [-0.39, 0.29) is 5.56 Å². The zero-order chi connectivity index (χ0) is 19.5. The standard InChI is InChI=1S/C23H20N2O3/c1-15-7-9-17(10-8-15)22(26)18-11-19-21(24-14-25-23(19)27)20(12-18)28-13-16-5-3-2-4-6-16/h2-12,14,22,26H,13H2,1H3,(H,24,25,27). The van der Waals surface area contributed by atoms with Gasteiger partial charge in [-0.15, -0.1) is 0 Å². The number of benzene rings is 3. The fourth-order valence-electron chi connectivity index (χ4n) is 3.11. The Labute approximate surface area is 162 Å². The molecule has 28 heavy (non-hydrogen) atoms. The first-order valence-electron chi connectivity index (χ1n) is 9.04. The molecule has 0 fully saturated rings. The van der Waals surface area contributed by atoms with Crippen molar-refractivity contribution in [1.29, 1.82) is 0 Å². The van der Waals surface area contributed by atoms with Crippen molar-refractivity contribution >= 4 is 10.9 Å². The quantitative estimate of drug-likeness (QED) is 0.557. The third-order valence-corrected chi connectivity index (χ3v) is 4.68. The first kappa shape index (κ1) is 17.9. The lowest BCUT2D eigenvalue weighted by Gasteiger charge is -2.15. The highest BCUT2D eigenvalue weighted by molar-refractivity contribution is 5.84. The summed E-state index contributed by atoms with van der Waals surface area (Å²) >= 11 is 0. The van der Waals surface area contributed by atoms with Gasteiger partial charge in [-0.05, 0) is 35.7 Å². The van der Waals surface area contributed by atoms with Crippen LogP contribution >= 0.6 is 0 Å². The summed E-state index contributed by atoms with van der Waals surface area (Å²) in [6.07, 6.45) is 0.486. The van der Waals surface area contributed by atoms with Crippen LogP contribution < -0.4 is 10.3 Å². The van der Waals surface area contributed by atoms with Crippen molar-refractivity contribution in [1.82, 2.24) is 9.97 Å². The number of nitrogens with zero attached hydrogens (tertiary/aromatic N) is 1. The summed E-state index contributed by atoms with van der Waals surface area (Å²) in [6.45, 7) is 2.33. The molecule has 0 amide bonds. The van der Waals surface area contributed by atoms with Crippen LogP contribution in [0.15, 0.2) is 77.9 Å². The molecule has 0 aliphatic carbocycles. The number of aryl methyl sites for hydroxylation is 1. The minimum Gasteiger partial charge on any atom is -0.487 e. The first-order valence-corrected chi connectivity index (χ1v) is 9.04. The molecule has 0 spiro atoms. The third-order valence-electron chi connectivity index (χ3n) is 4.68. The number of hydrogen-bond acceptors (Lipinski definition) is 4. The molecule has 4 rings (SSSR count). The van der Waals surface area contributed by atoms with Crippen molar-refractivity contribution in [2.24, 2.45) is 0 Å². The molecule has 0 radical (unpaired) electrons. The van der Waals surface area contributed by atoms with Crippen molar-refractivity contribution in [3.8, 4) is 5.75 Å². The van der Waals surface area contributed by atoms with Crippen LogP contribution in [-0.4, -0.2) is 15.1 Å². The average molecular weight is 372 g/mol. The topological polar surface area (TPSA) is 75.2 Å². The van der Waals surface area contributed by atoms with E-state index in [0.717, 1.165) is 16.7 Å². The number of nitrogens with one attached hydrogen (secondary N) is 1. The van der Waals surface area contributed by atoms with Crippen LogP contribution in [0.3, 0.4) is 0 Å². The molecule has 140 valence electrons. The summed E-state index contributed by atoms with van der Waals surface area (Å²) in [5.74, 6) is 0.466. The number of rotatable bonds is 5. The molecule has 5 nitrogen and oxygen atoms in total. The van der Waals surface area contributed by atoms with Gasteiger partial charge in [0.1, 0.15) is 24.0 Å². The SMILES string of the molecule is Cc1ccc(C(O)c2cc(OCc3ccccc3)c3nc[nH]c(=O)c3c2)cc1. The van der Waals surface area contributed by atoms with E-state index >= 15 is 0 Å². The molecular formula is C23H20N2O3. The Balaban J connectivity index is 1.76. The van der Waals surface area contributed by atoms with E-state index in [1.54, 1.807) is 12.1 Å². The number of ether oxygens (including phenoxy) is 1. The van der Waals surface area contributed by atoms with E-state index in [4.69, 9.17) is 4.74 Å². The van der Waals surface area contributed by atoms with E-state index in [9.17, 15) is 9.90 Å². The van der Waals surface area contributed by atoms with Gasteiger partial charge in [0, 0.05) is 0 Å². The Bertz CT molecular complexity index is 1150.